The molecule has 1 aliphatic heterocycles. The number of hydrogen-bond acceptors (Lipinski definition) is 3. The fourth-order valence-corrected chi connectivity index (χ4v) is 3.01. The Balaban J connectivity index is 1.98. The minimum Gasteiger partial charge on any atom is -0.486 e. The van der Waals surface area contributed by atoms with E-state index in [4.69, 9.17) is 9.47 Å². The molecule has 0 fully saturated rings. The van der Waals surface area contributed by atoms with Crippen molar-refractivity contribution < 1.29 is 14.6 Å². The van der Waals surface area contributed by atoms with Crippen LogP contribution in [0, 0.1) is 3.57 Å². The molecule has 5 heteroatoms. The summed E-state index contributed by atoms with van der Waals surface area (Å²) in [6.45, 7) is 1.09. The Morgan fingerprint density at radius 3 is 2.30 bits per heavy atom. The van der Waals surface area contributed by atoms with Crippen LogP contribution >= 0.6 is 38.5 Å². The van der Waals surface area contributed by atoms with Crippen LogP contribution in [0.5, 0.6) is 11.5 Å². The minimum atomic E-state index is -0.697. The highest BCUT2D eigenvalue weighted by atomic mass is 127. The summed E-state index contributed by atoms with van der Waals surface area (Å²) >= 11 is 5.73. The van der Waals surface area contributed by atoms with E-state index in [1.807, 2.05) is 36.4 Å². The lowest BCUT2D eigenvalue weighted by Gasteiger charge is -2.21. The van der Waals surface area contributed by atoms with Gasteiger partial charge in [-0.25, -0.2) is 0 Å². The van der Waals surface area contributed by atoms with E-state index in [0.29, 0.717) is 24.7 Å². The van der Waals surface area contributed by atoms with E-state index in [9.17, 15) is 5.11 Å². The van der Waals surface area contributed by atoms with Crippen molar-refractivity contribution in [3.05, 3.63) is 55.6 Å². The third kappa shape index (κ3) is 2.80. The number of aliphatic hydroxyl groups excluding tert-OH is 1. The summed E-state index contributed by atoms with van der Waals surface area (Å²) in [7, 11) is 0. The number of hydrogen-bond donors (Lipinski definition) is 1. The second-order valence-electron chi connectivity index (χ2n) is 4.47. The predicted octanol–water partition coefficient (Wildman–Crippen LogP) is 3.91. The second-order valence-corrected chi connectivity index (χ2v) is 6.57. The molecule has 0 saturated heterocycles. The Kier molecular flexibility index (Phi) is 4.18. The van der Waals surface area contributed by atoms with Gasteiger partial charge in [0.1, 0.15) is 19.3 Å². The Hall–Kier alpha value is -0.790. The van der Waals surface area contributed by atoms with Crippen LogP contribution in [0.15, 0.2) is 40.9 Å². The first-order valence-electron chi connectivity index (χ1n) is 6.18. The summed E-state index contributed by atoms with van der Waals surface area (Å²) < 4.78 is 13.0. The lowest BCUT2D eigenvalue weighted by Crippen LogP contribution is -2.16. The van der Waals surface area contributed by atoms with E-state index >= 15 is 0 Å². The van der Waals surface area contributed by atoms with E-state index in [1.165, 1.54) is 0 Å². The van der Waals surface area contributed by atoms with Crippen molar-refractivity contribution in [3.8, 4) is 11.5 Å². The zero-order valence-electron chi connectivity index (χ0n) is 10.5. The van der Waals surface area contributed by atoms with Crippen molar-refractivity contribution in [2.45, 2.75) is 6.10 Å². The number of ether oxygens (including phenoxy) is 2. The average molecular weight is 447 g/mol. The van der Waals surface area contributed by atoms with Crippen LogP contribution < -0.4 is 9.47 Å². The molecule has 0 aliphatic carbocycles. The van der Waals surface area contributed by atoms with E-state index in [-0.39, 0.29) is 0 Å². The van der Waals surface area contributed by atoms with Crippen LogP contribution in [0.3, 0.4) is 0 Å². The van der Waals surface area contributed by atoms with Gasteiger partial charge in [-0.2, -0.15) is 0 Å². The smallest absolute Gasteiger partial charge is 0.162 e. The SMILES string of the molecule is OC(c1ccc(I)cc1)c1cc2c(cc1Br)OCCO2. The monoisotopic (exact) mass is 446 g/mol. The molecule has 1 aliphatic rings. The maximum atomic E-state index is 10.5. The number of aliphatic hydroxyl groups is 1. The first-order chi connectivity index (χ1) is 9.65. The summed E-state index contributed by atoms with van der Waals surface area (Å²) in [6.07, 6.45) is -0.697. The van der Waals surface area contributed by atoms with Crippen molar-refractivity contribution in [2.75, 3.05) is 13.2 Å². The molecule has 2 aromatic carbocycles. The van der Waals surface area contributed by atoms with Crippen LogP contribution in [0.1, 0.15) is 17.2 Å². The Labute approximate surface area is 139 Å². The third-order valence-corrected chi connectivity index (χ3v) is 4.55. The molecule has 1 N–H and O–H groups in total. The Bertz CT molecular complexity index is 628. The van der Waals surface area contributed by atoms with Gasteiger partial charge in [0.2, 0.25) is 0 Å². The van der Waals surface area contributed by atoms with Crippen molar-refractivity contribution in [2.24, 2.45) is 0 Å². The molecule has 2 aromatic rings. The normalized spacial score (nSPS) is 14.9. The Morgan fingerprint density at radius 1 is 1.05 bits per heavy atom. The molecule has 0 bridgehead atoms. The molecule has 1 unspecified atom stereocenters. The van der Waals surface area contributed by atoms with E-state index in [1.54, 1.807) is 0 Å². The highest BCUT2D eigenvalue weighted by Crippen LogP contribution is 2.39. The molecular weight excluding hydrogens is 435 g/mol. The summed E-state index contributed by atoms with van der Waals surface area (Å²) in [5.41, 5.74) is 1.62. The summed E-state index contributed by atoms with van der Waals surface area (Å²) in [5.74, 6) is 1.39. The zero-order valence-corrected chi connectivity index (χ0v) is 14.2. The standard InChI is InChI=1S/C15H12BrIO3/c16-12-8-14-13(19-5-6-20-14)7-11(12)15(18)9-1-3-10(17)4-2-9/h1-4,7-8,15,18H,5-6H2. The van der Waals surface area contributed by atoms with Gasteiger partial charge in [0.15, 0.2) is 11.5 Å². The summed E-state index contributed by atoms with van der Waals surface area (Å²) in [5, 5.41) is 10.5. The van der Waals surface area contributed by atoms with Gasteiger partial charge in [0, 0.05) is 13.6 Å². The lowest BCUT2D eigenvalue weighted by molar-refractivity contribution is 0.169. The maximum Gasteiger partial charge on any atom is 0.162 e. The zero-order chi connectivity index (χ0) is 14.1. The topological polar surface area (TPSA) is 38.7 Å². The molecular formula is C15H12BrIO3. The van der Waals surface area contributed by atoms with Crippen LogP contribution in [-0.2, 0) is 0 Å². The van der Waals surface area contributed by atoms with Gasteiger partial charge in [0.25, 0.3) is 0 Å². The van der Waals surface area contributed by atoms with Crippen LogP contribution in [0.4, 0.5) is 0 Å². The molecule has 0 radical (unpaired) electrons. The molecule has 3 nitrogen and oxygen atoms in total. The number of rotatable bonds is 2. The average Bonchev–Trinajstić information content (AvgIpc) is 2.46. The molecule has 1 atom stereocenters. The molecule has 20 heavy (non-hydrogen) atoms. The van der Waals surface area contributed by atoms with Gasteiger partial charge in [-0.05, 0) is 52.4 Å². The van der Waals surface area contributed by atoms with E-state index in [0.717, 1.165) is 19.2 Å². The second kappa shape index (κ2) is 5.91. The quantitative estimate of drug-likeness (QED) is 0.711. The molecule has 1 heterocycles. The van der Waals surface area contributed by atoms with Gasteiger partial charge in [-0.1, -0.05) is 28.1 Å². The fraction of sp³-hybridized carbons (Fsp3) is 0.200. The van der Waals surface area contributed by atoms with E-state index < -0.39 is 6.10 Å². The van der Waals surface area contributed by atoms with Gasteiger partial charge in [0.05, 0.1) is 0 Å². The maximum absolute atomic E-state index is 10.5. The summed E-state index contributed by atoms with van der Waals surface area (Å²) in [6, 6.07) is 11.5. The van der Waals surface area contributed by atoms with Gasteiger partial charge in [-0.15, -0.1) is 0 Å². The number of fused-ring (bicyclic) bond motifs is 1. The van der Waals surface area contributed by atoms with Crippen molar-refractivity contribution >= 4 is 38.5 Å². The highest BCUT2D eigenvalue weighted by Gasteiger charge is 2.20. The first-order valence-corrected chi connectivity index (χ1v) is 8.05. The van der Waals surface area contributed by atoms with Crippen LogP contribution in [-0.4, -0.2) is 18.3 Å². The highest BCUT2D eigenvalue weighted by molar-refractivity contribution is 14.1. The molecule has 104 valence electrons. The predicted molar refractivity (Wildman–Crippen MR) is 88.4 cm³/mol. The van der Waals surface area contributed by atoms with Crippen LogP contribution in [0.25, 0.3) is 0 Å². The fourth-order valence-electron chi connectivity index (χ4n) is 2.11. The van der Waals surface area contributed by atoms with Crippen LogP contribution in [0.2, 0.25) is 0 Å². The van der Waals surface area contributed by atoms with E-state index in [2.05, 4.69) is 38.5 Å². The number of benzene rings is 2. The summed E-state index contributed by atoms with van der Waals surface area (Å²) in [4.78, 5) is 0. The van der Waals surface area contributed by atoms with Crippen molar-refractivity contribution in [1.82, 2.24) is 0 Å². The van der Waals surface area contributed by atoms with Crippen molar-refractivity contribution in [3.63, 3.8) is 0 Å². The molecule has 0 aromatic heterocycles. The molecule has 0 saturated carbocycles. The lowest BCUT2D eigenvalue weighted by atomic mass is 10.0. The third-order valence-electron chi connectivity index (χ3n) is 3.14. The van der Waals surface area contributed by atoms with Crippen molar-refractivity contribution in [1.29, 1.82) is 0 Å². The largest absolute Gasteiger partial charge is 0.486 e. The molecule has 0 amide bonds. The molecule has 0 spiro atoms. The minimum absolute atomic E-state index is 0.535. The first kappa shape index (κ1) is 14.2. The van der Waals surface area contributed by atoms with Gasteiger partial charge < -0.3 is 14.6 Å². The molecule has 3 rings (SSSR count). The van der Waals surface area contributed by atoms with Gasteiger partial charge in [-0.3, -0.25) is 0 Å². The van der Waals surface area contributed by atoms with Gasteiger partial charge >= 0.3 is 0 Å². The number of halogens is 2. The Morgan fingerprint density at radius 2 is 1.65 bits per heavy atom.